The third-order valence-corrected chi connectivity index (χ3v) is 4.09. The Labute approximate surface area is 130 Å². The number of aromatic nitrogens is 1. The molecular formula is C17H19N3S. The van der Waals surface area contributed by atoms with Gasteiger partial charge in [0.1, 0.15) is 10.8 Å². The van der Waals surface area contributed by atoms with Crippen LogP contribution in [-0.2, 0) is 6.42 Å². The Morgan fingerprint density at radius 1 is 1.24 bits per heavy atom. The second-order valence-electron chi connectivity index (χ2n) is 5.61. The molecule has 2 N–H and O–H groups in total. The molecule has 1 aliphatic heterocycles. The molecule has 0 atom stereocenters. The van der Waals surface area contributed by atoms with Crippen LogP contribution in [0.3, 0.4) is 0 Å². The number of anilines is 2. The van der Waals surface area contributed by atoms with Crippen molar-refractivity contribution in [2.75, 3.05) is 11.4 Å². The van der Waals surface area contributed by atoms with Crippen LogP contribution in [0.25, 0.3) is 0 Å². The summed E-state index contributed by atoms with van der Waals surface area (Å²) in [4.78, 5) is 7.36. The van der Waals surface area contributed by atoms with Crippen LogP contribution in [0, 0.1) is 13.8 Å². The molecule has 4 heteroatoms. The first-order chi connectivity index (χ1) is 10.0. The van der Waals surface area contributed by atoms with Crippen molar-refractivity contribution in [3.8, 4) is 0 Å². The molecule has 0 amide bonds. The summed E-state index contributed by atoms with van der Waals surface area (Å²) in [5.74, 6) is 0.933. The number of nitrogens with two attached hydrogens (primary N) is 1. The van der Waals surface area contributed by atoms with Crippen molar-refractivity contribution in [3.05, 3.63) is 52.7 Å². The topological polar surface area (TPSA) is 42.1 Å². The van der Waals surface area contributed by atoms with Gasteiger partial charge in [0.2, 0.25) is 0 Å². The summed E-state index contributed by atoms with van der Waals surface area (Å²) in [7, 11) is 0. The number of aryl methyl sites for hydroxylation is 3. The van der Waals surface area contributed by atoms with Crippen LogP contribution in [0.5, 0.6) is 0 Å². The highest BCUT2D eigenvalue weighted by molar-refractivity contribution is 7.80. The smallest absolute Gasteiger partial charge is 0.133 e. The third-order valence-electron chi connectivity index (χ3n) is 3.85. The third kappa shape index (κ3) is 2.76. The lowest BCUT2D eigenvalue weighted by atomic mass is 9.99. The second-order valence-corrected chi connectivity index (χ2v) is 6.05. The molecule has 1 aliphatic rings. The van der Waals surface area contributed by atoms with Crippen molar-refractivity contribution < 1.29 is 0 Å². The van der Waals surface area contributed by atoms with Crippen LogP contribution in [0.15, 0.2) is 30.3 Å². The van der Waals surface area contributed by atoms with Crippen molar-refractivity contribution in [1.29, 1.82) is 0 Å². The molecule has 3 nitrogen and oxygen atoms in total. The van der Waals surface area contributed by atoms with E-state index in [1.807, 2.05) is 19.1 Å². The van der Waals surface area contributed by atoms with Crippen LogP contribution in [0.1, 0.15) is 28.8 Å². The summed E-state index contributed by atoms with van der Waals surface area (Å²) in [6.07, 6.45) is 2.26. The van der Waals surface area contributed by atoms with Gasteiger partial charge in [-0.2, -0.15) is 0 Å². The molecule has 2 heterocycles. The fourth-order valence-corrected chi connectivity index (χ4v) is 3.01. The Hall–Kier alpha value is -1.94. The molecule has 3 rings (SSSR count). The van der Waals surface area contributed by atoms with E-state index in [2.05, 4.69) is 35.0 Å². The Morgan fingerprint density at radius 2 is 2.05 bits per heavy atom. The summed E-state index contributed by atoms with van der Waals surface area (Å²) < 4.78 is 0. The predicted octanol–water partition coefficient (Wildman–Crippen LogP) is 3.42. The lowest BCUT2D eigenvalue weighted by Crippen LogP contribution is -2.26. The summed E-state index contributed by atoms with van der Waals surface area (Å²) in [5.41, 5.74) is 11.5. The van der Waals surface area contributed by atoms with Gasteiger partial charge < -0.3 is 10.6 Å². The number of thiocarbonyl (C=S) groups is 1. The van der Waals surface area contributed by atoms with Crippen molar-refractivity contribution in [2.45, 2.75) is 26.7 Å². The maximum atomic E-state index is 5.78. The number of rotatable bonds is 2. The zero-order valence-corrected chi connectivity index (χ0v) is 13.2. The van der Waals surface area contributed by atoms with Crippen molar-refractivity contribution >= 4 is 28.7 Å². The standard InChI is InChI=1S/C17H19N3S/c1-11-5-6-15-13(8-11)4-3-7-20(15)16-10-14(17(18)21)9-12(2)19-16/h5-6,8-10H,3-4,7H2,1-2H3,(H2,18,21). The van der Waals surface area contributed by atoms with Crippen LogP contribution in [0.4, 0.5) is 11.5 Å². The van der Waals surface area contributed by atoms with E-state index in [1.54, 1.807) is 0 Å². The number of benzene rings is 1. The number of hydrogen-bond acceptors (Lipinski definition) is 3. The average molecular weight is 297 g/mol. The van der Waals surface area contributed by atoms with Crippen molar-refractivity contribution in [3.63, 3.8) is 0 Å². The first kappa shape index (κ1) is 14.0. The van der Waals surface area contributed by atoms with E-state index < -0.39 is 0 Å². The fourth-order valence-electron chi connectivity index (χ4n) is 2.90. The average Bonchev–Trinajstić information content (AvgIpc) is 2.45. The maximum absolute atomic E-state index is 5.78. The number of hydrogen-bond donors (Lipinski definition) is 1. The van der Waals surface area contributed by atoms with Gasteiger partial charge in [0, 0.05) is 23.5 Å². The quantitative estimate of drug-likeness (QED) is 0.863. The van der Waals surface area contributed by atoms with Gasteiger partial charge >= 0.3 is 0 Å². The maximum Gasteiger partial charge on any atom is 0.133 e. The minimum absolute atomic E-state index is 0.419. The summed E-state index contributed by atoms with van der Waals surface area (Å²) >= 11 is 5.11. The van der Waals surface area contributed by atoms with E-state index in [9.17, 15) is 0 Å². The molecule has 0 aliphatic carbocycles. The van der Waals surface area contributed by atoms with E-state index in [1.165, 1.54) is 16.8 Å². The largest absolute Gasteiger partial charge is 0.389 e. The van der Waals surface area contributed by atoms with Gasteiger partial charge in [-0.3, -0.25) is 0 Å². The van der Waals surface area contributed by atoms with Crippen LogP contribution in [-0.4, -0.2) is 16.5 Å². The molecule has 0 spiro atoms. The highest BCUT2D eigenvalue weighted by atomic mass is 32.1. The van der Waals surface area contributed by atoms with Gasteiger partial charge in [0.15, 0.2) is 0 Å². The minimum atomic E-state index is 0.419. The molecule has 0 saturated carbocycles. The number of pyridine rings is 1. The van der Waals surface area contributed by atoms with E-state index in [4.69, 9.17) is 18.0 Å². The lowest BCUT2D eigenvalue weighted by molar-refractivity contribution is 0.758. The monoisotopic (exact) mass is 297 g/mol. The van der Waals surface area contributed by atoms with Gasteiger partial charge in [-0.05, 0) is 50.5 Å². The zero-order valence-electron chi connectivity index (χ0n) is 12.4. The molecule has 0 fully saturated rings. The normalized spacial score (nSPS) is 13.9. The molecule has 108 valence electrons. The van der Waals surface area contributed by atoms with E-state index in [0.717, 1.165) is 36.5 Å². The predicted molar refractivity (Wildman–Crippen MR) is 91.4 cm³/mol. The Kier molecular flexibility index (Phi) is 3.64. The Bertz CT molecular complexity index is 709. The van der Waals surface area contributed by atoms with Gasteiger partial charge in [-0.15, -0.1) is 0 Å². The van der Waals surface area contributed by atoms with Gasteiger partial charge in [-0.1, -0.05) is 29.9 Å². The highest BCUT2D eigenvalue weighted by Gasteiger charge is 2.20. The number of nitrogens with zero attached hydrogens (tertiary/aromatic N) is 2. The van der Waals surface area contributed by atoms with E-state index in [-0.39, 0.29) is 0 Å². The fraction of sp³-hybridized carbons (Fsp3) is 0.294. The summed E-state index contributed by atoms with van der Waals surface area (Å²) in [6, 6.07) is 10.5. The minimum Gasteiger partial charge on any atom is -0.389 e. The van der Waals surface area contributed by atoms with Crippen molar-refractivity contribution in [2.24, 2.45) is 5.73 Å². The first-order valence-electron chi connectivity index (χ1n) is 7.20. The van der Waals surface area contributed by atoms with E-state index >= 15 is 0 Å². The molecule has 1 aromatic carbocycles. The molecule has 21 heavy (non-hydrogen) atoms. The first-order valence-corrected chi connectivity index (χ1v) is 7.61. The summed E-state index contributed by atoms with van der Waals surface area (Å²) in [5, 5.41) is 0. The van der Waals surface area contributed by atoms with Crippen LogP contribution >= 0.6 is 12.2 Å². The van der Waals surface area contributed by atoms with Crippen LogP contribution < -0.4 is 10.6 Å². The Morgan fingerprint density at radius 3 is 2.81 bits per heavy atom. The lowest BCUT2D eigenvalue weighted by Gasteiger charge is -2.31. The summed E-state index contributed by atoms with van der Waals surface area (Å²) in [6.45, 7) is 5.09. The molecule has 1 aromatic heterocycles. The molecular weight excluding hydrogens is 278 g/mol. The Balaban J connectivity index is 2.08. The molecule has 2 aromatic rings. The molecule has 0 radical (unpaired) electrons. The van der Waals surface area contributed by atoms with Crippen LogP contribution in [0.2, 0.25) is 0 Å². The highest BCUT2D eigenvalue weighted by Crippen LogP contribution is 2.33. The molecule has 0 unspecified atom stereocenters. The van der Waals surface area contributed by atoms with Crippen molar-refractivity contribution in [1.82, 2.24) is 4.98 Å². The van der Waals surface area contributed by atoms with E-state index in [0.29, 0.717) is 4.99 Å². The molecule has 0 saturated heterocycles. The zero-order chi connectivity index (χ0) is 15.0. The second kappa shape index (κ2) is 5.45. The number of fused-ring (bicyclic) bond motifs is 1. The van der Waals surface area contributed by atoms with Gasteiger partial charge in [0.05, 0.1) is 0 Å². The SMILES string of the molecule is Cc1ccc2c(c1)CCCN2c1cc(C(N)=S)cc(C)n1. The molecule has 0 bridgehead atoms. The van der Waals surface area contributed by atoms with Gasteiger partial charge in [-0.25, -0.2) is 4.98 Å². The van der Waals surface area contributed by atoms with Gasteiger partial charge in [0.25, 0.3) is 0 Å².